The zero-order valence-corrected chi connectivity index (χ0v) is 14.7. The fourth-order valence-electron chi connectivity index (χ4n) is 2.42. The topological polar surface area (TPSA) is 41.1 Å². The molecule has 2 rings (SSSR count). The van der Waals surface area contributed by atoms with Crippen LogP contribution in [-0.4, -0.2) is 29.6 Å². The lowest BCUT2D eigenvalue weighted by molar-refractivity contribution is 0.606. The van der Waals surface area contributed by atoms with Gasteiger partial charge in [-0.25, -0.2) is 4.98 Å². The summed E-state index contributed by atoms with van der Waals surface area (Å²) in [5.41, 5.74) is 2.09. The van der Waals surface area contributed by atoms with Crippen LogP contribution in [0.2, 0.25) is 0 Å². The van der Waals surface area contributed by atoms with Crippen LogP contribution >= 0.6 is 0 Å². The van der Waals surface area contributed by atoms with Gasteiger partial charge in [0.05, 0.1) is 5.69 Å². The second kappa shape index (κ2) is 8.51. The van der Waals surface area contributed by atoms with Crippen molar-refractivity contribution in [2.45, 2.75) is 34.1 Å². The van der Waals surface area contributed by atoms with E-state index in [1.54, 1.807) is 0 Å². The van der Waals surface area contributed by atoms with Crippen LogP contribution in [0.25, 0.3) is 11.3 Å². The Labute approximate surface area is 140 Å². The van der Waals surface area contributed by atoms with E-state index in [1.807, 2.05) is 24.3 Å². The number of rotatable bonds is 8. The first-order valence-corrected chi connectivity index (χ1v) is 8.57. The lowest BCUT2D eigenvalue weighted by Crippen LogP contribution is -2.24. The van der Waals surface area contributed by atoms with Crippen molar-refractivity contribution < 1.29 is 0 Å². The van der Waals surface area contributed by atoms with E-state index in [4.69, 9.17) is 9.97 Å². The third-order valence-corrected chi connectivity index (χ3v) is 3.86. The predicted octanol–water partition coefficient (Wildman–Crippen LogP) is 4.45. The molecule has 0 atom stereocenters. The van der Waals surface area contributed by atoms with Crippen LogP contribution < -0.4 is 10.2 Å². The molecule has 0 radical (unpaired) electrons. The van der Waals surface area contributed by atoms with Gasteiger partial charge >= 0.3 is 0 Å². The van der Waals surface area contributed by atoms with Crippen molar-refractivity contribution in [1.82, 2.24) is 9.97 Å². The summed E-state index contributed by atoms with van der Waals surface area (Å²) in [4.78, 5) is 11.6. The lowest BCUT2D eigenvalue weighted by Gasteiger charge is -2.20. The average Bonchev–Trinajstić information content (AvgIpc) is 2.56. The molecule has 1 aromatic carbocycles. The van der Waals surface area contributed by atoms with E-state index in [0.717, 1.165) is 49.1 Å². The van der Waals surface area contributed by atoms with Crippen molar-refractivity contribution in [3.05, 3.63) is 36.4 Å². The van der Waals surface area contributed by atoms with Gasteiger partial charge in [0, 0.05) is 31.3 Å². The fourth-order valence-corrected chi connectivity index (χ4v) is 2.42. The van der Waals surface area contributed by atoms with E-state index in [1.165, 1.54) is 0 Å². The van der Waals surface area contributed by atoms with Gasteiger partial charge in [0.15, 0.2) is 0 Å². The number of hydrogen-bond acceptors (Lipinski definition) is 4. The van der Waals surface area contributed by atoms with E-state index in [-0.39, 0.29) is 0 Å². The molecule has 0 fully saturated rings. The van der Waals surface area contributed by atoms with Crippen molar-refractivity contribution in [2.24, 2.45) is 5.92 Å². The van der Waals surface area contributed by atoms with E-state index >= 15 is 0 Å². The quantitative estimate of drug-likeness (QED) is 0.782. The van der Waals surface area contributed by atoms with Gasteiger partial charge in [-0.3, -0.25) is 0 Å². The van der Waals surface area contributed by atoms with Crippen LogP contribution in [0.15, 0.2) is 36.4 Å². The van der Waals surface area contributed by atoms with E-state index in [9.17, 15) is 0 Å². The van der Waals surface area contributed by atoms with Crippen LogP contribution in [-0.2, 0) is 0 Å². The molecule has 0 aliphatic heterocycles. The molecule has 0 saturated heterocycles. The summed E-state index contributed by atoms with van der Waals surface area (Å²) in [6.45, 7) is 11.5. The maximum absolute atomic E-state index is 4.76. The van der Waals surface area contributed by atoms with Crippen molar-refractivity contribution in [1.29, 1.82) is 0 Å². The maximum atomic E-state index is 4.76. The Hall–Kier alpha value is -2.10. The minimum atomic E-state index is 0.681. The number of nitrogens with one attached hydrogen (secondary N) is 1. The highest BCUT2D eigenvalue weighted by atomic mass is 15.3. The highest BCUT2D eigenvalue weighted by Crippen LogP contribution is 2.23. The SMILES string of the molecule is CCN(CC)c1nc(NCCC(C)C)cc(-c2ccccc2)n1. The second-order valence-electron chi connectivity index (χ2n) is 6.09. The molecule has 4 heteroatoms. The molecule has 2 aromatic rings. The first kappa shape index (κ1) is 17.3. The molecule has 1 heterocycles. The average molecular weight is 312 g/mol. The number of nitrogens with zero attached hydrogens (tertiary/aromatic N) is 3. The highest BCUT2D eigenvalue weighted by Gasteiger charge is 2.11. The minimum absolute atomic E-state index is 0.681. The Kier molecular flexibility index (Phi) is 6.39. The van der Waals surface area contributed by atoms with Crippen molar-refractivity contribution in [3.63, 3.8) is 0 Å². The van der Waals surface area contributed by atoms with Gasteiger partial charge in [-0.1, -0.05) is 44.2 Å². The molecule has 124 valence electrons. The molecule has 0 saturated carbocycles. The summed E-state index contributed by atoms with van der Waals surface area (Å²) in [5.74, 6) is 2.38. The van der Waals surface area contributed by atoms with Crippen LogP contribution in [0.3, 0.4) is 0 Å². The van der Waals surface area contributed by atoms with Crippen LogP contribution in [0, 0.1) is 5.92 Å². The third kappa shape index (κ3) is 4.95. The van der Waals surface area contributed by atoms with Crippen molar-refractivity contribution in [2.75, 3.05) is 29.9 Å². The lowest BCUT2D eigenvalue weighted by atomic mass is 10.1. The van der Waals surface area contributed by atoms with E-state index in [0.29, 0.717) is 5.92 Å². The summed E-state index contributed by atoms with van der Waals surface area (Å²) in [7, 11) is 0. The second-order valence-corrected chi connectivity index (χ2v) is 6.09. The molecule has 0 bridgehead atoms. The maximum Gasteiger partial charge on any atom is 0.227 e. The fraction of sp³-hybridized carbons (Fsp3) is 0.474. The van der Waals surface area contributed by atoms with Gasteiger partial charge in [0.25, 0.3) is 0 Å². The Morgan fingerprint density at radius 3 is 2.35 bits per heavy atom. The molecule has 0 unspecified atom stereocenters. The molecule has 1 aromatic heterocycles. The van der Waals surface area contributed by atoms with Crippen molar-refractivity contribution >= 4 is 11.8 Å². The smallest absolute Gasteiger partial charge is 0.227 e. The number of benzene rings is 1. The summed E-state index contributed by atoms with van der Waals surface area (Å²) in [6, 6.07) is 12.3. The zero-order valence-electron chi connectivity index (χ0n) is 14.7. The Morgan fingerprint density at radius 2 is 1.74 bits per heavy atom. The molecule has 0 amide bonds. The monoisotopic (exact) mass is 312 g/mol. The van der Waals surface area contributed by atoms with Gasteiger partial charge < -0.3 is 10.2 Å². The molecule has 0 aliphatic carbocycles. The number of anilines is 2. The van der Waals surface area contributed by atoms with Crippen molar-refractivity contribution in [3.8, 4) is 11.3 Å². The van der Waals surface area contributed by atoms with E-state index in [2.05, 4.69) is 50.0 Å². The summed E-state index contributed by atoms with van der Waals surface area (Å²) >= 11 is 0. The Bertz CT molecular complexity index is 592. The Morgan fingerprint density at radius 1 is 1.04 bits per heavy atom. The molecule has 23 heavy (non-hydrogen) atoms. The molecule has 0 spiro atoms. The van der Waals surface area contributed by atoms with E-state index < -0.39 is 0 Å². The number of aromatic nitrogens is 2. The first-order chi connectivity index (χ1) is 11.1. The predicted molar refractivity (Wildman–Crippen MR) is 99.0 cm³/mol. The summed E-state index contributed by atoms with van der Waals surface area (Å²) < 4.78 is 0. The number of hydrogen-bond donors (Lipinski definition) is 1. The van der Waals surface area contributed by atoms with Crippen LogP contribution in [0.4, 0.5) is 11.8 Å². The normalized spacial score (nSPS) is 10.8. The molecule has 0 aliphatic rings. The summed E-state index contributed by atoms with van der Waals surface area (Å²) in [6.07, 6.45) is 1.13. The third-order valence-electron chi connectivity index (χ3n) is 3.86. The van der Waals surface area contributed by atoms with Crippen LogP contribution in [0.5, 0.6) is 0 Å². The molecule has 4 nitrogen and oxygen atoms in total. The molecule has 1 N–H and O–H groups in total. The van der Waals surface area contributed by atoms with Gasteiger partial charge in [-0.05, 0) is 26.2 Å². The molecular formula is C19H28N4. The summed E-state index contributed by atoms with van der Waals surface area (Å²) in [5, 5.41) is 3.45. The van der Waals surface area contributed by atoms with Gasteiger partial charge in [-0.15, -0.1) is 0 Å². The van der Waals surface area contributed by atoms with Gasteiger partial charge in [-0.2, -0.15) is 4.98 Å². The largest absolute Gasteiger partial charge is 0.370 e. The molecular weight excluding hydrogens is 284 g/mol. The standard InChI is InChI=1S/C19H28N4/c1-5-23(6-2)19-21-17(16-10-8-7-9-11-16)14-18(22-19)20-13-12-15(3)4/h7-11,14-15H,5-6,12-13H2,1-4H3,(H,20,21,22). The van der Waals surface area contributed by atoms with Gasteiger partial charge in [0.1, 0.15) is 5.82 Å². The zero-order chi connectivity index (χ0) is 16.7. The minimum Gasteiger partial charge on any atom is -0.370 e. The van der Waals surface area contributed by atoms with Gasteiger partial charge in [0.2, 0.25) is 5.95 Å². The Balaban J connectivity index is 2.31. The first-order valence-electron chi connectivity index (χ1n) is 8.57. The highest BCUT2D eigenvalue weighted by molar-refractivity contribution is 5.64. The van der Waals surface area contributed by atoms with Crippen LogP contribution in [0.1, 0.15) is 34.1 Å².